The molecule has 128 valence electrons. The van der Waals surface area contributed by atoms with Gasteiger partial charge >= 0.3 is 0 Å². The number of aromatic nitrogens is 2. The number of H-pyrrole nitrogens is 1. The minimum atomic E-state index is -0.0830. The topological polar surface area (TPSA) is 70.2 Å². The van der Waals surface area contributed by atoms with Crippen molar-refractivity contribution in [3.8, 4) is 0 Å². The first-order valence-corrected chi connectivity index (χ1v) is 8.83. The van der Waals surface area contributed by atoms with Gasteiger partial charge in [-0.2, -0.15) is 5.10 Å². The fraction of sp³-hybridized carbons (Fsp3) is 0.556. The van der Waals surface area contributed by atoms with E-state index in [4.69, 9.17) is 4.74 Å². The molecule has 2 bridgehead atoms. The average molecular weight is 328 g/mol. The number of amides is 1. The molecule has 3 atom stereocenters. The highest BCUT2D eigenvalue weighted by Gasteiger charge is 2.39. The molecule has 1 aromatic carbocycles. The van der Waals surface area contributed by atoms with Crippen LogP contribution in [0.4, 0.5) is 0 Å². The Hall–Kier alpha value is -1.92. The van der Waals surface area contributed by atoms with Gasteiger partial charge in [-0.25, -0.2) is 0 Å². The van der Waals surface area contributed by atoms with E-state index in [9.17, 15) is 4.79 Å². The zero-order chi connectivity index (χ0) is 16.5. The molecule has 2 aromatic rings. The standard InChI is InChI=1S/C18H24N4O2/c1-2-7-22-13-8-12(9-14(22)11-24-10-13)19-18(23)17-15-5-3-4-6-16(15)20-21-17/h3-6,12-14H,2,7-11H2,1H3,(H,19,23)(H,20,21)/t12?,13-,14+. The van der Waals surface area contributed by atoms with Gasteiger partial charge < -0.3 is 10.1 Å². The van der Waals surface area contributed by atoms with E-state index in [2.05, 4.69) is 27.3 Å². The highest BCUT2D eigenvalue weighted by molar-refractivity contribution is 6.04. The first kappa shape index (κ1) is 15.6. The van der Waals surface area contributed by atoms with Gasteiger partial charge in [0, 0.05) is 23.5 Å². The van der Waals surface area contributed by atoms with Crippen LogP contribution in [-0.4, -0.2) is 58.9 Å². The summed E-state index contributed by atoms with van der Waals surface area (Å²) in [6.45, 7) is 4.87. The summed E-state index contributed by atoms with van der Waals surface area (Å²) in [5.41, 5.74) is 1.38. The van der Waals surface area contributed by atoms with E-state index >= 15 is 0 Å². The number of ether oxygens (including phenoxy) is 1. The number of benzene rings is 1. The van der Waals surface area contributed by atoms with Crippen LogP contribution >= 0.6 is 0 Å². The number of rotatable bonds is 4. The number of morpholine rings is 1. The van der Waals surface area contributed by atoms with Crippen LogP contribution in [0.15, 0.2) is 24.3 Å². The van der Waals surface area contributed by atoms with Gasteiger partial charge in [0.1, 0.15) is 0 Å². The predicted molar refractivity (Wildman–Crippen MR) is 92.0 cm³/mol. The van der Waals surface area contributed by atoms with E-state index in [-0.39, 0.29) is 11.9 Å². The summed E-state index contributed by atoms with van der Waals surface area (Å²) in [4.78, 5) is 15.2. The molecule has 0 saturated carbocycles. The van der Waals surface area contributed by atoms with E-state index in [1.165, 1.54) is 0 Å². The third-order valence-electron chi connectivity index (χ3n) is 5.17. The predicted octanol–water partition coefficient (Wildman–Crippen LogP) is 1.93. The van der Waals surface area contributed by atoms with Gasteiger partial charge in [0.25, 0.3) is 5.91 Å². The molecule has 3 heterocycles. The summed E-state index contributed by atoms with van der Waals surface area (Å²) in [5.74, 6) is -0.0830. The molecule has 2 aliphatic heterocycles. The maximum Gasteiger partial charge on any atom is 0.272 e. The number of nitrogens with zero attached hydrogens (tertiary/aromatic N) is 2. The number of piperidine rings is 1. The fourth-order valence-electron chi connectivity index (χ4n) is 4.12. The quantitative estimate of drug-likeness (QED) is 0.900. The number of hydrogen-bond acceptors (Lipinski definition) is 4. The van der Waals surface area contributed by atoms with Gasteiger partial charge in [-0.15, -0.1) is 0 Å². The number of aromatic amines is 1. The fourth-order valence-corrected chi connectivity index (χ4v) is 4.12. The summed E-state index contributed by atoms with van der Waals surface area (Å²) in [5, 5.41) is 11.2. The van der Waals surface area contributed by atoms with E-state index < -0.39 is 0 Å². The van der Waals surface area contributed by atoms with Gasteiger partial charge in [0.15, 0.2) is 5.69 Å². The normalized spacial score (nSPS) is 27.3. The van der Waals surface area contributed by atoms with Crippen LogP contribution in [0.2, 0.25) is 0 Å². The number of nitrogens with one attached hydrogen (secondary N) is 2. The van der Waals surface area contributed by atoms with Crippen molar-refractivity contribution in [2.75, 3.05) is 19.8 Å². The lowest BCUT2D eigenvalue weighted by molar-refractivity contribution is -0.0797. The molecule has 6 heteroatoms. The van der Waals surface area contributed by atoms with Crippen molar-refractivity contribution in [2.24, 2.45) is 0 Å². The summed E-state index contributed by atoms with van der Waals surface area (Å²) in [6, 6.07) is 8.76. The third-order valence-corrected chi connectivity index (χ3v) is 5.17. The maximum absolute atomic E-state index is 12.7. The highest BCUT2D eigenvalue weighted by atomic mass is 16.5. The van der Waals surface area contributed by atoms with Crippen LogP contribution in [0, 0.1) is 0 Å². The molecular weight excluding hydrogens is 304 g/mol. The molecule has 1 aromatic heterocycles. The molecule has 24 heavy (non-hydrogen) atoms. The van der Waals surface area contributed by atoms with Gasteiger partial charge in [-0.1, -0.05) is 25.1 Å². The molecule has 2 saturated heterocycles. The molecule has 0 aliphatic carbocycles. The first-order valence-electron chi connectivity index (χ1n) is 8.83. The molecule has 0 spiro atoms. The average Bonchev–Trinajstić information content (AvgIpc) is 3.00. The van der Waals surface area contributed by atoms with Crippen LogP contribution in [0.5, 0.6) is 0 Å². The number of hydrogen-bond donors (Lipinski definition) is 2. The molecule has 2 aliphatic rings. The maximum atomic E-state index is 12.7. The molecule has 4 rings (SSSR count). The van der Waals surface area contributed by atoms with Crippen LogP contribution in [0.1, 0.15) is 36.7 Å². The summed E-state index contributed by atoms with van der Waals surface area (Å²) < 4.78 is 5.72. The van der Waals surface area contributed by atoms with Gasteiger partial charge in [0.05, 0.1) is 18.7 Å². The second kappa shape index (κ2) is 6.53. The smallest absolute Gasteiger partial charge is 0.272 e. The highest BCUT2D eigenvalue weighted by Crippen LogP contribution is 2.28. The second-order valence-corrected chi connectivity index (χ2v) is 6.84. The molecular formula is C18H24N4O2. The Labute approximate surface area is 141 Å². The van der Waals surface area contributed by atoms with E-state index in [0.29, 0.717) is 17.8 Å². The van der Waals surface area contributed by atoms with Crippen molar-refractivity contribution in [3.63, 3.8) is 0 Å². The lowest BCUT2D eigenvalue weighted by Gasteiger charge is -2.48. The first-order chi connectivity index (χ1) is 11.8. The minimum absolute atomic E-state index is 0.0830. The number of carbonyl (C=O) groups excluding carboxylic acids is 1. The molecule has 2 fully saturated rings. The van der Waals surface area contributed by atoms with Crippen molar-refractivity contribution in [2.45, 2.75) is 44.3 Å². The van der Waals surface area contributed by atoms with Gasteiger partial charge in [0.2, 0.25) is 0 Å². The Bertz CT molecular complexity index is 715. The lowest BCUT2D eigenvalue weighted by Crippen LogP contribution is -2.60. The largest absolute Gasteiger partial charge is 0.378 e. The Balaban J connectivity index is 1.47. The number of para-hydroxylation sites is 1. The Morgan fingerprint density at radius 3 is 2.83 bits per heavy atom. The molecule has 2 N–H and O–H groups in total. The van der Waals surface area contributed by atoms with E-state index in [1.54, 1.807) is 0 Å². The van der Waals surface area contributed by atoms with Crippen molar-refractivity contribution in [1.82, 2.24) is 20.4 Å². The van der Waals surface area contributed by atoms with Crippen LogP contribution in [0.3, 0.4) is 0 Å². The third kappa shape index (κ3) is 2.80. The molecule has 1 amide bonds. The monoisotopic (exact) mass is 328 g/mol. The SMILES string of the molecule is CCCN1[C@@H]2COC[C@H]1CC(NC(=O)c1n[nH]c3ccccc13)C2. The van der Waals surface area contributed by atoms with Crippen molar-refractivity contribution in [1.29, 1.82) is 0 Å². The van der Waals surface area contributed by atoms with Crippen LogP contribution in [-0.2, 0) is 4.74 Å². The Morgan fingerprint density at radius 1 is 1.33 bits per heavy atom. The second-order valence-electron chi connectivity index (χ2n) is 6.84. The summed E-state index contributed by atoms with van der Waals surface area (Å²) >= 11 is 0. The van der Waals surface area contributed by atoms with Crippen LogP contribution < -0.4 is 5.32 Å². The van der Waals surface area contributed by atoms with Crippen molar-refractivity contribution >= 4 is 16.8 Å². The Kier molecular flexibility index (Phi) is 4.24. The zero-order valence-corrected chi connectivity index (χ0v) is 14.0. The van der Waals surface area contributed by atoms with Crippen LogP contribution in [0.25, 0.3) is 10.9 Å². The van der Waals surface area contributed by atoms with E-state index in [1.807, 2.05) is 24.3 Å². The Morgan fingerprint density at radius 2 is 2.08 bits per heavy atom. The molecule has 1 unspecified atom stereocenters. The van der Waals surface area contributed by atoms with E-state index in [0.717, 1.165) is 49.9 Å². The zero-order valence-electron chi connectivity index (χ0n) is 14.0. The van der Waals surface area contributed by atoms with Crippen molar-refractivity contribution < 1.29 is 9.53 Å². The van der Waals surface area contributed by atoms with Crippen molar-refractivity contribution in [3.05, 3.63) is 30.0 Å². The summed E-state index contributed by atoms with van der Waals surface area (Å²) in [7, 11) is 0. The van der Waals surface area contributed by atoms with Gasteiger partial charge in [-0.05, 0) is 31.9 Å². The number of carbonyl (C=O) groups is 1. The molecule has 6 nitrogen and oxygen atoms in total. The van der Waals surface area contributed by atoms with Gasteiger partial charge in [-0.3, -0.25) is 14.8 Å². The minimum Gasteiger partial charge on any atom is -0.378 e. The number of fused-ring (bicyclic) bond motifs is 3. The lowest BCUT2D eigenvalue weighted by atomic mass is 9.89. The summed E-state index contributed by atoms with van der Waals surface area (Å²) in [6.07, 6.45) is 3.05. The molecule has 0 radical (unpaired) electrons.